The number of nitrogens with two attached hydrogens (primary N) is 1. The lowest BCUT2D eigenvalue weighted by Crippen LogP contribution is -2.14. The predicted molar refractivity (Wildman–Crippen MR) is 64.6 cm³/mol. The lowest BCUT2D eigenvalue weighted by molar-refractivity contribution is 0.555. The Bertz CT molecular complexity index is 556. The van der Waals surface area contributed by atoms with Crippen molar-refractivity contribution in [3.63, 3.8) is 0 Å². The third kappa shape index (κ3) is 1.88. The van der Waals surface area contributed by atoms with Crippen LogP contribution in [0.3, 0.4) is 0 Å². The first-order chi connectivity index (χ1) is 7.60. The smallest absolute Gasteiger partial charge is 0.408 e. The summed E-state index contributed by atoms with van der Waals surface area (Å²) in [5.41, 5.74) is 8.40. The summed E-state index contributed by atoms with van der Waals surface area (Å²) in [6, 6.07) is 3.78. The van der Waals surface area contributed by atoms with Gasteiger partial charge in [0, 0.05) is 12.1 Å². The Balaban J connectivity index is 2.45. The van der Waals surface area contributed by atoms with Gasteiger partial charge in [-0.15, -0.1) is 0 Å². The molecule has 16 heavy (non-hydrogen) atoms. The first kappa shape index (κ1) is 10.6. The number of anilines is 2. The van der Waals surface area contributed by atoms with E-state index >= 15 is 0 Å². The number of aromatic nitrogens is 1. The van der Waals surface area contributed by atoms with Gasteiger partial charge in [-0.3, -0.25) is 4.98 Å². The highest BCUT2D eigenvalue weighted by atomic mass is 16.4. The van der Waals surface area contributed by atoms with Crippen LogP contribution in [0.1, 0.15) is 20.3 Å². The number of H-pyrrole nitrogens is 1. The molecule has 0 fully saturated rings. The predicted octanol–water partition coefficient (Wildman–Crippen LogP) is 1.91. The number of fused-ring (bicyclic) bond motifs is 1. The molecule has 5 nitrogen and oxygen atoms in total. The molecular formula is C11H15N3O2. The van der Waals surface area contributed by atoms with Gasteiger partial charge in [0.2, 0.25) is 0 Å². The number of hydrogen-bond donors (Lipinski definition) is 3. The van der Waals surface area contributed by atoms with Crippen LogP contribution in [0, 0.1) is 0 Å². The van der Waals surface area contributed by atoms with Crippen LogP contribution >= 0.6 is 0 Å². The molecule has 0 bridgehead atoms. The molecule has 5 heteroatoms. The van der Waals surface area contributed by atoms with Crippen LogP contribution in [0.5, 0.6) is 0 Å². The molecule has 0 aliphatic heterocycles. The van der Waals surface area contributed by atoms with Crippen LogP contribution in [0.15, 0.2) is 21.3 Å². The van der Waals surface area contributed by atoms with Gasteiger partial charge in [-0.1, -0.05) is 6.92 Å². The average Bonchev–Trinajstić information content (AvgIpc) is 2.58. The number of rotatable bonds is 3. The summed E-state index contributed by atoms with van der Waals surface area (Å²) in [6.07, 6.45) is 0.999. The molecule has 1 unspecified atom stereocenters. The third-order valence-corrected chi connectivity index (χ3v) is 2.61. The Morgan fingerprint density at radius 3 is 3.00 bits per heavy atom. The summed E-state index contributed by atoms with van der Waals surface area (Å²) < 4.78 is 4.92. The SMILES string of the molecule is CCC(C)Nc1cc2[nH]c(=O)oc2cc1N. The maximum atomic E-state index is 11.0. The van der Waals surface area contributed by atoms with Crippen LogP contribution in [0.4, 0.5) is 11.4 Å². The molecular weight excluding hydrogens is 206 g/mol. The Labute approximate surface area is 92.6 Å². The van der Waals surface area contributed by atoms with Gasteiger partial charge in [0.25, 0.3) is 0 Å². The lowest BCUT2D eigenvalue weighted by Gasteiger charge is -2.14. The number of oxazole rings is 1. The van der Waals surface area contributed by atoms with Crippen LogP contribution in [-0.4, -0.2) is 11.0 Å². The minimum Gasteiger partial charge on any atom is -0.408 e. The van der Waals surface area contributed by atoms with Crippen molar-refractivity contribution in [2.75, 3.05) is 11.1 Å². The molecule has 0 aliphatic carbocycles. The maximum Gasteiger partial charge on any atom is 0.417 e. The zero-order chi connectivity index (χ0) is 11.7. The second-order valence-electron chi connectivity index (χ2n) is 3.90. The van der Waals surface area contributed by atoms with Crippen molar-refractivity contribution < 1.29 is 4.42 Å². The summed E-state index contributed by atoms with van der Waals surface area (Å²) in [4.78, 5) is 13.6. The molecule has 1 atom stereocenters. The molecule has 1 aromatic carbocycles. The minimum absolute atomic E-state index is 0.332. The molecule has 0 spiro atoms. The molecule has 1 aromatic heterocycles. The molecule has 0 aliphatic rings. The van der Waals surface area contributed by atoms with E-state index in [0.29, 0.717) is 22.8 Å². The number of benzene rings is 1. The van der Waals surface area contributed by atoms with Gasteiger partial charge >= 0.3 is 5.76 Å². The monoisotopic (exact) mass is 221 g/mol. The van der Waals surface area contributed by atoms with Gasteiger partial charge in [0.1, 0.15) is 0 Å². The quantitative estimate of drug-likeness (QED) is 0.691. The highest BCUT2D eigenvalue weighted by Gasteiger charge is 2.08. The van der Waals surface area contributed by atoms with E-state index in [2.05, 4.69) is 24.1 Å². The molecule has 1 heterocycles. The van der Waals surface area contributed by atoms with E-state index in [-0.39, 0.29) is 0 Å². The maximum absolute atomic E-state index is 11.0. The second-order valence-corrected chi connectivity index (χ2v) is 3.90. The van der Waals surface area contributed by atoms with Gasteiger partial charge in [-0.25, -0.2) is 4.79 Å². The van der Waals surface area contributed by atoms with Gasteiger partial charge < -0.3 is 15.5 Å². The van der Waals surface area contributed by atoms with Gasteiger partial charge in [-0.2, -0.15) is 0 Å². The summed E-state index contributed by atoms with van der Waals surface area (Å²) in [5, 5.41) is 3.27. The fourth-order valence-electron chi connectivity index (χ4n) is 1.51. The van der Waals surface area contributed by atoms with Crippen molar-refractivity contribution in [2.24, 2.45) is 0 Å². The molecule has 2 aromatic rings. The van der Waals surface area contributed by atoms with Crippen LogP contribution in [-0.2, 0) is 0 Å². The van der Waals surface area contributed by atoms with E-state index in [9.17, 15) is 4.79 Å². The average molecular weight is 221 g/mol. The largest absolute Gasteiger partial charge is 0.417 e. The number of aromatic amines is 1. The van der Waals surface area contributed by atoms with E-state index in [1.165, 1.54) is 0 Å². The highest BCUT2D eigenvalue weighted by molar-refractivity contribution is 5.85. The first-order valence-electron chi connectivity index (χ1n) is 5.29. The Morgan fingerprint density at radius 1 is 1.56 bits per heavy atom. The van der Waals surface area contributed by atoms with Gasteiger partial charge in [0.15, 0.2) is 5.58 Å². The zero-order valence-electron chi connectivity index (χ0n) is 9.33. The van der Waals surface area contributed by atoms with Crippen molar-refractivity contribution in [2.45, 2.75) is 26.3 Å². The van der Waals surface area contributed by atoms with E-state index in [1.54, 1.807) is 12.1 Å². The minimum atomic E-state index is -0.463. The van der Waals surface area contributed by atoms with Crippen molar-refractivity contribution in [1.82, 2.24) is 4.98 Å². The summed E-state index contributed by atoms with van der Waals surface area (Å²) in [5.74, 6) is -0.463. The van der Waals surface area contributed by atoms with Crippen molar-refractivity contribution in [3.05, 3.63) is 22.7 Å². The normalized spacial score (nSPS) is 12.9. The van der Waals surface area contributed by atoms with Crippen molar-refractivity contribution in [3.8, 4) is 0 Å². The molecule has 0 saturated carbocycles. The fraction of sp³-hybridized carbons (Fsp3) is 0.364. The standard InChI is InChI=1S/C11H15N3O2/c1-3-6(2)13-8-5-9-10(4-7(8)12)16-11(15)14-9/h4-6,13H,3,12H2,1-2H3,(H,14,15). The number of hydrogen-bond acceptors (Lipinski definition) is 4. The molecule has 0 radical (unpaired) electrons. The second kappa shape index (κ2) is 3.92. The summed E-state index contributed by atoms with van der Waals surface area (Å²) in [6.45, 7) is 4.16. The number of nitrogen functional groups attached to an aromatic ring is 1. The molecule has 86 valence electrons. The van der Waals surface area contributed by atoms with Gasteiger partial charge in [0.05, 0.1) is 16.9 Å². The zero-order valence-corrected chi connectivity index (χ0v) is 9.33. The topological polar surface area (TPSA) is 84.0 Å². The molecule has 0 saturated heterocycles. The molecule has 4 N–H and O–H groups in total. The summed E-state index contributed by atoms with van der Waals surface area (Å²) in [7, 11) is 0. The van der Waals surface area contributed by atoms with Crippen LogP contribution in [0.2, 0.25) is 0 Å². The Morgan fingerprint density at radius 2 is 2.31 bits per heavy atom. The van der Waals surface area contributed by atoms with Crippen LogP contribution in [0.25, 0.3) is 11.1 Å². The Kier molecular flexibility index (Phi) is 2.60. The molecule has 2 rings (SSSR count). The molecule has 0 amide bonds. The first-order valence-corrected chi connectivity index (χ1v) is 5.29. The third-order valence-electron chi connectivity index (χ3n) is 2.61. The van der Waals surface area contributed by atoms with E-state index in [4.69, 9.17) is 10.2 Å². The van der Waals surface area contributed by atoms with Crippen molar-refractivity contribution in [1.29, 1.82) is 0 Å². The summed E-state index contributed by atoms with van der Waals surface area (Å²) >= 11 is 0. The van der Waals surface area contributed by atoms with Gasteiger partial charge in [-0.05, 0) is 19.4 Å². The van der Waals surface area contributed by atoms with E-state index < -0.39 is 5.76 Å². The fourth-order valence-corrected chi connectivity index (χ4v) is 1.51. The van der Waals surface area contributed by atoms with E-state index in [0.717, 1.165) is 12.1 Å². The highest BCUT2D eigenvalue weighted by Crippen LogP contribution is 2.25. The Hall–Kier alpha value is -1.91. The lowest BCUT2D eigenvalue weighted by atomic mass is 10.2. The van der Waals surface area contributed by atoms with Crippen molar-refractivity contribution >= 4 is 22.5 Å². The van der Waals surface area contributed by atoms with Crippen LogP contribution < -0.4 is 16.8 Å². The van der Waals surface area contributed by atoms with E-state index in [1.807, 2.05) is 0 Å². The number of nitrogens with one attached hydrogen (secondary N) is 2.